The number of nitrogens with zero attached hydrogens (tertiary/aromatic N) is 4. The molecule has 0 amide bonds. The predicted octanol–water partition coefficient (Wildman–Crippen LogP) is 2.92. The highest BCUT2D eigenvalue weighted by molar-refractivity contribution is 14.0. The van der Waals surface area contributed by atoms with Crippen LogP contribution >= 0.6 is 24.0 Å². The Morgan fingerprint density at radius 2 is 2.00 bits per heavy atom. The number of benzene rings is 1. The Bertz CT molecular complexity index is 686. The molecule has 1 heterocycles. The average Bonchev–Trinajstić information content (AvgIpc) is 2.90. The summed E-state index contributed by atoms with van der Waals surface area (Å²) in [5.41, 5.74) is 0.573. The van der Waals surface area contributed by atoms with Gasteiger partial charge in [0.05, 0.1) is 13.1 Å². The molecule has 0 aliphatic carbocycles. The second-order valence-corrected chi connectivity index (χ2v) is 5.61. The van der Waals surface area contributed by atoms with Gasteiger partial charge >= 0.3 is 0 Å². The Kier molecular flexibility index (Phi) is 9.40. The predicted molar refractivity (Wildman–Crippen MR) is 108 cm³/mol. The van der Waals surface area contributed by atoms with Gasteiger partial charge in [0.1, 0.15) is 11.6 Å². The minimum Gasteiger partial charge on any atom is -0.356 e. The molecule has 6 nitrogen and oxygen atoms in total. The van der Waals surface area contributed by atoms with Crippen LogP contribution in [0.3, 0.4) is 0 Å². The van der Waals surface area contributed by atoms with E-state index >= 15 is 0 Å². The van der Waals surface area contributed by atoms with Gasteiger partial charge in [0.15, 0.2) is 11.8 Å². The van der Waals surface area contributed by atoms with Gasteiger partial charge in [0.25, 0.3) is 0 Å². The maximum atomic E-state index is 13.7. The molecule has 0 aliphatic heterocycles. The van der Waals surface area contributed by atoms with Crippen molar-refractivity contribution in [3.63, 3.8) is 0 Å². The molecule has 0 bridgehead atoms. The van der Waals surface area contributed by atoms with E-state index in [1.54, 1.807) is 12.1 Å². The second kappa shape index (κ2) is 11.0. The fourth-order valence-corrected chi connectivity index (χ4v) is 2.12. The number of halogens is 2. The number of unbranched alkanes of at least 4 members (excludes halogenated alkanes) is 1. The van der Waals surface area contributed by atoms with Crippen molar-refractivity contribution in [1.82, 2.24) is 25.4 Å². The van der Waals surface area contributed by atoms with E-state index in [0.29, 0.717) is 18.1 Å². The molecular formula is C17H26FIN6. The van der Waals surface area contributed by atoms with Gasteiger partial charge in [-0.25, -0.2) is 9.38 Å². The Morgan fingerprint density at radius 3 is 2.64 bits per heavy atom. The van der Waals surface area contributed by atoms with Gasteiger partial charge < -0.3 is 15.2 Å². The molecule has 8 heteroatoms. The van der Waals surface area contributed by atoms with E-state index in [1.807, 2.05) is 24.6 Å². The molecule has 2 aromatic rings. The molecule has 0 saturated heterocycles. The van der Waals surface area contributed by atoms with Crippen LogP contribution in [0.25, 0.3) is 0 Å². The van der Waals surface area contributed by atoms with Gasteiger partial charge in [0, 0.05) is 19.2 Å². The molecule has 0 aliphatic rings. The SMILES string of the molecule is CCCCNC(=NCc1ccccc1F)NCc1nnc(C)n1C.I. The molecule has 0 spiro atoms. The van der Waals surface area contributed by atoms with Crippen LogP contribution in [0.2, 0.25) is 0 Å². The van der Waals surface area contributed by atoms with Crippen LogP contribution in [-0.2, 0) is 20.1 Å². The van der Waals surface area contributed by atoms with Crippen LogP contribution in [0.15, 0.2) is 29.3 Å². The van der Waals surface area contributed by atoms with Crippen molar-refractivity contribution < 1.29 is 4.39 Å². The highest BCUT2D eigenvalue weighted by Crippen LogP contribution is 2.07. The van der Waals surface area contributed by atoms with Crippen molar-refractivity contribution in [3.8, 4) is 0 Å². The van der Waals surface area contributed by atoms with E-state index in [9.17, 15) is 4.39 Å². The molecule has 2 rings (SSSR count). The lowest BCUT2D eigenvalue weighted by Crippen LogP contribution is -2.38. The summed E-state index contributed by atoms with van der Waals surface area (Å²) >= 11 is 0. The van der Waals surface area contributed by atoms with E-state index in [-0.39, 0.29) is 36.3 Å². The Balaban J connectivity index is 0.00000312. The van der Waals surface area contributed by atoms with Gasteiger partial charge in [0.2, 0.25) is 0 Å². The Morgan fingerprint density at radius 1 is 1.24 bits per heavy atom. The molecule has 0 fully saturated rings. The number of aliphatic imine (C=N–C) groups is 1. The molecular weight excluding hydrogens is 434 g/mol. The second-order valence-electron chi connectivity index (χ2n) is 5.61. The van der Waals surface area contributed by atoms with Crippen LogP contribution < -0.4 is 10.6 Å². The largest absolute Gasteiger partial charge is 0.356 e. The molecule has 2 N–H and O–H groups in total. The van der Waals surface area contributed by atoms with Crippen LogP contribution in [0.1, 0.15) is 37.0 Å². The van der Waals surface area contributed by atoms with Crippen LogP contribution in [-0.4, -0.2) is 27.3 Å². The molecule has 138 valence electrons. The summed E-state index contributed by atoms with van der Waals surface area (Å²) < 4.78 is 15.6. The summed E-state index contributed by atoms with van der Waals surface area (Å²) in [7, 11) is 1.92. The summed E-state index contributed by atoms with van der Waals surface area (Å²) in [4.78, 5) is 4.48. The van der Waals surface area contributed by atoms with Gasteiger partial charge in [-0.05, 0) is 19.4 Å². The molecule has 1 aromatic heterocycles. The monoisotopic (exact) mass is 460 g/mol. The van der Waals surface area contributed by atoms with Gasteiger partial charge in [-0.15, -0.1) is 34.2 Å². The third-order valence-electron chi connectivity index (χ3n) is 3.78. The fourth-order valence-electron chi connectivity index (χ4n) is 2.12. The number of rotatable bonds is 7. The highest BCUT2D eigenvalue weighted by atomic mass is 127. The molecule has 0 saturated carbocycles. The quantitative estimate of drug-likeness (QED) is 0.289. The topological polar surface area (TPSA) is 67.1 Å². The van der Waals surface area contributed by atoms with Crippen LogP contribution in [0.4, 0.5) is 4.39 Å². The van der Waals surface area contributed by atoms with E-state index in [1.165, 1.54) is 6.07 Å². The number of aromatic nitrogens is 3. The highest BCUT2D eigenvalue weighted by Gasteiger charge is 2.06. The summed E-state index contributed by atoms with van der Waals surface area (Å²) in [6.45, 7) is 5.65. The summed E-state index contributed by atoms with van der Waals surface area (Å²) in [5.74, 6) is 2.09. The fraction of sp³-hybridized carbons (Fsp3) is 0.471. The van der Waals surface area contributed by atoms with Gasteiger partial charge in [-0.3, -0.25) is 0 Å². The van der Waals surface area contributed by atoms with Crippen molar-refractivity contribution in [1.29, 1.82) is 0 Å². The number of guanidine groups is 1. The van der Waals surface area contributed by atoms with Crippen molar-refractivity contribution in [2.24, 2.45) is 12.0 Å². The van der Waals surface area contributed by atoms with Crippen molar-refractivity contribution in [3.05, 3.63) is 47.3 Å². The van der Waals surface area contributed by atoms with E-state index in [2.05, 4.69) is 32.7 Å². The minimum atomic E-state index is -0.238. The molecule has 1 aromatic carbocycles. The first-order chi connectivity index (χ1) is 11.6. The lowest BCUT2D eigenvalue weighted by atomic mass is 10.2. The lowest BCUT2D eigenvalue weighted by molar-refractivity contribution is 0.609. The number of nitrogens with one attached hydrogen (secondary N) is 2. The molecule has 0 unspecified atom stereocenters. The third-order valence-corrected chi connectivity index (χ3v) is 3.78. The average molecular weight is 460 g/mol. The van der Waals surface area contributed by atoms with Crippen LogP contribution in [0, 0.1) is 12.7 Å². The normalized spacial score (nSPS) is 11.1. The first kappa shape index (κ1) is 21.3. The third kappa shape index (κ3) is 6.60. The minimum absolute atomic E-state index is 0. The number of hydrogen-bond acceptors (Lipinski definition) is 3. The Labute approximate surface area is 165 Å². The Hall–Kier alpha value is -1.71. The van der Waals surface area contributed by atoms with Gasteiger partial charge in [-0.2, -0.15) is 0 Å². The van der Waals surface area contributed by atoms with E-state index < -0.39 is 0 Å². The maximum absolute atomic E-state index is 13.7. The molecule has 0 atom stereocenters. The van der Waals surface area contributed by atoms with Crippen molar-refractivity contribution >= 4 is 29.9 Å². The smallest absolute Gasteiger partial charge is 0.191 e. The van der Waals surface area contributed by atoms with Gasteiger partial charge in [-0.1, -0.05) is 31.5 Å². The molecule has 0 radical (unpaired) electrons. The molecule has 25 heavy (non-hydrogen) atoms. The van der Waals surface area contributed by atoms with E-state index in [0.717, 1.165) is 31.0 Å². The number of hydrogen-bond donors (Lipinski definition) is 2. The van der Waals surface area contributed by atoms with Crippen molar-refractivity contribution in [2.75, 3.05) is 6.54 Å². The standard InChI is InChI=1S/C17H25FN6.HI/c1-4-5-10-19-17(20-11-14-8-6-7-9-15(14)18)21-12-16-23-22-13(2)24(16)3;/h6-9H,4-5,10-12H2,1-3H3,(H2,19,20,21);1H. The van der Waals surface area contributed by atoms with Crippen LogP contribution in [0.5, 0.6) is 0 Å². The summed E-state index contributed by atoms with van der Waals surface area (Å²) in [6, 6.07) is 6.69. The first-order valence-electron chi connectivity index (χ1n) is 8.22. The summed E-state index contributed by atoms with van der Waals surface area (Å²) in [5, 5.41) is 14.7. The number of aryl methyl sites for hydroxylation is 1. The van der Waals surface area contributed by atoms with Crippen molar-refractivity contribution in [2.45, 2.75) is 39.8 Å². The maximum Gasteiger partial charge on any atom is 0.191 e. The lowest BCUT2D eigenvalue weighted by Gasteiger charge is -2.12. The zero-order valence-corrected chi connectivity index (χ0v) is 17.3. The first-order valence-corrected chi connectivity index (χ1v) is 8.22. The zero-order valence-electron chi connectivity index (χ0n) is 14.9. The van der Waals surface area contributed by atoms with E-state index in [4.69, 9.17) is 0 Å². The summed E-state index contributed by atoms with van der Waals surface area (Å²) in [6.07, 6.45) is 2.14. The zero-order chi connectivity index (χ0) is 17.4.